The number of nitrogens with one attached hydrogen (secondary N) is 4. The van der Waals surface area contributed by atoms with Crippen LogP contribution in [0.5, 0.6) is 0 Å². The number of benzene rings is 3. The Morgan fingerprint density at radius 2 is 1.59 bits per heavy atom. The third kappa shape index (κ3) is 7.25. The molecule has 0 bridgehead atoms. The molecule has 0 saturated carbocycles. The van der Waals surface area contributed by atoms with E-state index < -0.39 is 11.8 Å². The van der Waals surface area contributed by atoms with Crippen LogP contribution in [0.4, 0.5) is 5.69 Å². The van der Waals surface area contributed by atoms with Crippen molar-refractivity contribution in [3.8, 4) is 0 Å². The smallest absolute Gasteiger partial charge is 0.250 e. The van der Waals surface area contributed by atoms with Gasteiger partial charge in [0.15, 0.2) is 5.11 Å². The van der Waals surface area contributed by atoms with Crippen molar-refractivity contribution in [1.29, 1.82) is 0 Å². The number of carbonyl (C=O) groups excluding carboxylic acids is 3. The lowest BCUT2D eigenvalue weighted by Crippen LogP contribution is -2.48. The summed E-state index contributed by atoms with van der Waals surface area (Å²) in [6, 6.07) is 19.3. The lowest BCUT2D eigenvalue weighted by molar-refractivity contribution is -0.124. The van der Waals surface area contributed by atoms with Crippen LogP contribution in [0, 0.1) is 13.8 Å². The second-order valence-electron chi connectivity index (χ2n) is 7.74. The molecule has 0 radical (unpaired) electrons. The number of hydrogen-bond acceptors (Lipinski definition) is 4. The number of rotatable bonds is 6. The fourth-order valence-electron chi connectivity index (χ4n) is 3.20. The number of fused-ring (bicyclic) bond motifs is 1. The van der Waals surface area contributed by atoms with Gasteiger partial charge in [0.2, 0.25) is 17.7 Å². The van der Waals surface area contributed by atoms with Gasteiger partial charge in [-0.15, -0.1) is 0 Å². The Labute approximate surface area is 203 Å². The van der Waals surface area contributed by atoms with Crippen LogP contribution in [0.3, 0.4) is 0 Å². The van der Waals surface area contributed by atoms with Crippen LogP contribution in [-0.2, 0) is 14.4 Å². The zero-order chi connectivity index (χ0) is 24.5. The Morgan fingerprint density at radius 1 is 0.853 bits per heavy atom. The summed E-state index contributed by atoms with van der Waals surface area (Å²) in [6.07, 6.45) is 3.04. The molecule has 4 N–H and O–H groups in total. The van der Waals surface area contributed by atoms with Crippen molar-refractivity contribution in [3.63, 3.8) is 0 Å². The Kier molecular flexibility index (Phi) is 8.48. The molecule has 3 amide bonds. The zero-order valence-electron chi connectivity index (χ0n) is 19.0. The average molecular weight is 475 g/mol. The highest BCUT2D eigenvalue weighted by Gasteiger charge is 2.09. The van der Waals surface area contributed by atoms with Crippen molar-refractivity contribution >= 4 is 57.6 Å². The lowest BCUT2D eigenvalue weighted by Gasteiger charge is -2.10. The van der Waals surface area contributed by atoms with Crippen molar-refractivity contribution in [2.24, 2.45) is 0 Å². The zero-order valence-corrected chi connectivity index (χ0v) is 19.8. The SMILES string of the molecule is Cc1ccc(NC(=O)CCC(=O)NNC(=S)NC(=O)/C=C/c2cccc3ccccc23)cc1C. The number of thiocarbonyl (C=S) groups is 1. The minimum Gasteiger partial charge on any atom is -0.326 e. The molecule has 8 heteroatoms. The van der Waals surface area contributed by atoms with Crippen molar-refractivity contribution in [2.45, 2.75) is 26.7 Å². The van der Waals surface area contributed by atoms with E-state index in [0.717, 1.165) is 27.5 Å². The van der Waals surface area contributed by atoms with E-state index in [4.69, 9.17) is 12.2 Å². The predicted octanol–water partition coefficient (Wildman–Crippen LogP) is 3.91. The van der Waals surface area contributed by atoms with Gasteiger partial charge in [0.1, 0.15) is 0 Å². The largest absolute Gasteiger partial charge is 0.326 e. The quantitative estimate of drug-likeness (QED) is 0.247. The highest BCUT2D eigenvalue weighted by atomic mass is 32.1. The molecular formula is C26H26N4O3S. The van der Waals surface area contributed by atoms with E-state index >= 15 is 0 Å². The van der Waals surface area contributed by atoms with Gasteiger partial charge in [-0.05, 0) is 71.7 Å². The van der Waals surface area contributed by atoms with Gasteiger partial charge in [0.05, 0.1) is 0 Å². The molecule has 0 aliphatic rings. The van der Waals surface area contributed by atoms with Crippen LogP contribution < -0.4 is 21.5 Å². The first-order chi connectivity index (χ1) is 16.3. The fraction of sp³-hybridized carbons (Fsp3) is 0.154. The molecule has 0 aromatic heterocycles. The van der Waals surface area contributed by atoms with Gasteiger partial charge in [-0.2, -0.15) is 0 Å². The van der Waals surface area contributed by atoms with Gasteiger partial charge in [-0.1, -0.05) is 48.5 Å². The molecule has 0 fully saturated rings. The summed E-state index contributed by atoms with van der Waals surface area (Å²) in [4.78, 5) is 36.2. The van der Waals surface area contributed by atoms with Crippen LogP contribution in [0.15, 0.2) is 66.7 Å². The van der Waals surface area contributed by atoms with E-state index in [1.807, 2.05) is 74.5 Å². The van der Waals surface area contributed by atoms with Crippen LogP contribution in [0.25, 0.3) is 16.8 Å². The van der Waals surface area contributed by atoms with E-state index in [-0.39, 0.29) is 23.9 Å². The van der Waals surface area contributed by atoms with Crippen molar-refractivity contribution in [3.05, 3.63) is 83.4 Å². The van der Waals surface area contributed by atoms with Crippen LogP contribution >= 0.6 is 12.2 Å². The van der Waals surface area contributed by atoms with E-state index in [1.165, 1.54) is 6.08 Å². The van der Waals surface area contributed by atoms with Gasteiger partial charge < -0.3 is 5.32 Å². The Hall–Kier alpha value is -4.04. The molecule has 3 aromatic rings. The topological polar surface area (TPSA) is 99.3 Å². The van der Waals surface area contributed by atoms with E-state index in [1.54, 1.807) is 6.08 Å². The molecule has 0 atom stereocenters. The summed E-state index contributed by atoms with van der Waals surface area (Å²) in [5.41, 5.74) is 8.63. The predicted molar refractivity (Wildman–Crippen MR) is 139 cm³/mol. The molecular weight excluding hydrogens is 448 g/mol. The number of hydrogen-bond donors (Lipinski definition) is 4. The van der Waals surface area contributed by atoms with E-state index in [0.29, 0.717) is 5.69 Å². The lowest BCUT2D eigenvalue weighted by atomic mass is 10.0. The first-order valence-corrected chi connectivity index (χ1v) is 11.2. The standard InChI is InChI=1S/C26H26N4O3S/c1-17-10-12-21(16-18(17)2)27-23(31)14-15-25(33)29-30-26(34)28-24(32)13-11-20-8-5-7-19-6-3-4-9-22(19)20/h3-13,16H,14-15H2,1-2H3,(H,27,31)(H,29,33)(H2,28,30,32,34)/b13-11+. The van der Waals surface area contributed by atoms with Gasteiger partial charge in [-0.3, -0.25) is 30.6 Å². The van der Waals surface area contributed by atoms with Crippen molar-refractivity contribution in [1.82, 2.24) is 16.2 Å². The summed E-state index contributed by atoms with van der Waals surface area (Å²) >= 11 is 5.03. The average Bonchev–Trinajstić information content (AvgIpc) is 2.82. The minimum atomic E-state index is -0.438. The highest BCUT2D eigenvalue weighted by molar-refractivity contribution is 7.80. The molecule has 7 nitrogen and oxygen atoms in total. The summed E-state index contributed by atoms with van der Waals surface area (Å²) in [5, 5.41) is 7.28. The van der Waals surface area contributed by atoms with Crippen LogP contribution in [0.2, 0.25) is 0 Å². The van der Waals surface area contributed by atoms with E-state index in [9.17, 15) is 14.4 Å². The molecule has 0 unspecified atom stereocenters. The number of amides is 3. The number of anilines is 1. The number of aryl methyl sites for hydroxylation is 2. The Bertz CT molecular complexity index is 1260. The molecule has 174 valence electrons. The maximum Gasteiger partial charge on any atom is 0.250 e. The molecule has 0 aliphatic carbocycles. The molecule has 3 aromatic carbocycles. The molecule has 3 rings (SSSR count). The highest BCUT2D eigenvalue weighted by Crippen LogP contribution is 2.19. The molecule has 0 aliphatic heterocycles. The third-order valence-electron chi connectivity index (χ3n) is 5.16. The summed E-state index contributed by atoms with van der Waals surface area (Å²) in [5.74, 6) is -1.14. The number of hydrazine groups is 1. The normalized spacial score (nSPS) is 10.6. The molecule has 0 saturated heterocycles. The number of carbonyl (C=O) groups is 3. The summed E-state index contributed by atoms with van der Waals surface area (Å²) < 4.78 is 0. The second-order valence-corrected chi connectivity index (χ2v) is 8.15. The second kappa shape index (κ2) is 11.7. The third-order valence-corrected chi connectivity index (χ3v) is 5.36. The van der Waals surface area contributed by atoms with Gasteiger partial charge in [0.25, 0.3) is 0 Å². The summed E-state index contributed by atoms with van der Waals surface area (Å²) in [7, 11) is 0. The maximum absolute atomic E-state index is 12.2. The van der Waals surface area contributed by atoms with Gasteiger partial charge in [-0.25, -0.2) is 0 Å². The minimum absolute atomic E-state index is 0.00727. The molecule has 0 heterocycles. The first-order valence-electron chi connectivity index (χ1n) is 10.7. The Morgan fingerprint density at radius 3 is 2.38 bits per heavy atom. The Balaban J connectivity index is 1.39. The summed E-state index contributed by atoms with van der Waals surface area (Å²) in [6.45, 7) is 3.96. The van der Waals surface area contributed by atoms with E-state index in [2.05, 4.69) is 21.5 Å². The van der Waals surface area contributed by atoms with Gasteiger partial charge >= 0.3 is 0 Å². The molecule has 0 spiro atoms. The van der Waals surface area contributed by atoms with Crippen LogP contribution in [0.1, 0.15) is 29.5 Å². The fourth-order valence-corrected chi connectivity index (χ4v) is 3.36. The maximum atomic E-state index is 12.2. The van der Waals surface area contributed by atoms with Crippen molar-refractivity contribution < 1.29 is 14.4 Å². The van der Waals surface area contributed by atoms with Gasteiger partial charge in [0, 0.05) is 24.6 Å². The van der Waals surface area contributed by atoms with Crippen molar-refractivity contribution in [2.75, 3.05) is 5.32 Å². The molecule has 34 heavy (non-hydrogen) atoms. The first kappa shape index (κ1) is 24.6. The monoisotopic (exact) mass is 474 g/mol. The van der Waals surface area contributed by atoms with Crippen LogP contribution in [-0.4, -0.2) is 22.8 Å².